The van der Waals surface area contributed by atoms with Gasteiger partial charge in [-0.25, -0.2) is 0 Å². The Morgan fingerprint density at radius 2 is 1.94 bits per heavy atom. The van der Waals surface area contributed by atoms with Crippen LogP contribution in [0.2, 0.25) is 5.02 Å². The van der Waals surface area contributed by atoms with E-state index in [0.29, 0.717) is 0 Å². The van der Waals surface area contributed by atoms with Crippen LogP contribution in [-0.4, -0.2) is 0 Å². The van der Waals surface area contributed by atoms with E-state index in [-0.39, 0.29) is 0 Å². The maximum absolute atomic E-state index is 6.07. The minimum absolute atomic E-state index is 0.723. The van der Waals surface area contributed by atoms with Crippen LogP contribution >= 0.6 is 27.5 Å². The van der Waals surface area contributed by atoms with Crippen molar-refractivity contribution in [2.45, 2.75) is 20.4 Å². The topological polar surface area (TPSA) is 12.0 Å². The molecule has 0 heterocycles. The molecule has 2 aromatic carbocycles. The SMILES string of the molecule is Cc1ccc(C)c(CNc2cccc(Cl)c2Br)c1. The first-order valence-corrected chi connectivity index (χ1v) is 6.99. The van der Waals surface area contributed by atoms with E-state index >= 15 is 0 Å². The Bertz CT molecular complexity index is 564. The monoisotopic (exact) mass is 323 g/mol. The Morgan fingerprint density at radius 1 is 1.17 bits per heavy atom. The van der Waals surface area contributed by atoms with Crippen molar-refractivity contribution in [2.24, 2.45) is 0 Å². The highest BCUT2D eigenvalue weighted by Crippen LogP contribution is 2.30. The number of halogens is 2. The standard InChI is InChI=1S/C15H15BrClN/c1-10-6-7-11(2)12(8-10)9-18-14-5-3-4-13(17)15(14)16/h3-8,18H,9H2,1-2H3. The maximum Gasteiger partial charge on any atom is 0.0593 e. The minimum atomic E-state index is 0.723. The first-order chi connectivity index (χ1) is 8.58. The summed E-state index contributed by atoms with van der Waals surface area (Å²) in [6, 6.07) is 12.3. The van der Waals surface area contributed by atoms with Crippen molar-refractivity contribution >= 4 is 33.2 Å². The third kappa shape index (κ3) is 3.06. The number of benzene rings is 2. The van der Waals surface area contributed by atoms with E-state index in [9.17, 15) is 0 Å². The molecule has 2 aromatic rings. The molecule has 0 aromatic heterocycles. The molecular weight excluding hydrogens is 310 g/mol. The van der Waals surface area contributed by atoms with Gasteiger partial charge in [-0.15, -0.1) is 0 Å². The summed E-state index contributed by atoms with van der Waals surface area (Å²) in [6.45, 7) is 5.04. The predicted octanol–water partition coefficient (Wildman–Crippen LogP) is 5.33. The van der Waals surface area contributed by atoms with Gasteiger partial charge >= 0.3 is 0 Å². The molecule has 94 valence electrons. The fraction of sp³-hybridized carbons (Fsp3) is 0.200. The highest BCUT2D eigenvalue weighted by atomic mass is 79.9. The summed E-state index contributed by atoms with van der Waals surface area (Å²) in [5, 5.41) is 4.13. The molecule has 0 saturated heterocycles. The van der Waals surface area contributed by atoms with E-state index < -0.39 is 0 Å². The normalized spacial score (nSPS) is 10.4. The van der Waals surface area contributed by atoms with Crippen LogP contribution < -0.4 is 5.32 Å². The van der Waals surface area contributed by atoms with Gasteiger partial charge < -0.3 is 5.32 Å². The molecule has 0 spiro atoms. The molecule has 1 nitrogen and oxygen atoms in total. The smallest absolute Gasteiger partial charge is 0.0593 e. The largest absolute Gasteiger partial charge is 0.380 e. The fourth-order valence-corrected chi connectivity index (χ4v) is 2.40. The molecule has 0 fully saturated rings. The molecule has 0 aliphatic heterocycles. The summed E-state index contributed by atoms with van der Waals surface area (Å²) in [7, 11) is 0. The second kappa shape index (κ2) is 5.77. The van der Waals surface area contributed by atoms with Crippen molar-refractivity contribution in [1.82, 2.24) is 0 Å². The van der Waals surface area contributed by atoms with E-state index in [1.807, 2.05) is 18.2 Å². The van der Waals surface area contributed by atoms with Crippen LogP contribution in [0.3, 0.4) is 0 Å². The zero-order chi connectivity index (χ0) is 13.1. The third-order valence-corrected chi connectivity index (χ3v) is 4.32. The summed E-state index contributed by atoms with van der Waals surface area (Å²) in [6.07, 6.45) is 0. The number of aryl methyl sites for hydroxylation is 2. The number of rotatable bonds is 3. The molecule has 1 N–H and O–H groups in total. The Hall–Kier alpha value is -0.990. The number of anilines is 1. The highest BCUT2D eigenvalue weighted by molar-refractivity contribution is 9.10. The molecule has 0 bridgehead atoms. The molecule has 3 heteroatoms. The zero-order valence-electron chi connectivity index (χ0n) is 10.4. The lowest BCUT2D eigenvalue weighted by Crippen LogP contribution is -2.02. The second-order valence-electron chi connectivity index (χ2n) is 4.38. The molecule has 0 atom stereocenters. The van der Waals surface area contributed by atoms with Crippen molar-refractivity contribution in [3.05, 3.63) is 62.6 Å². The van der Waals surface area contributed by atoms with Gasteiger partial charge in [-0.05, 0) is 53.0 Å². The average Bonchev–Trinajstić information content (AvgIpc) is 2.35. The Labute approximate surface area is 121 Å². The van der Waals surface area contributed by atoms with Gasteiger partial charge in [0.05, 0.1) is 15.2 Å². The van der Waals surface area contributed by atoms with Crippen LogP contribution in [0, 0.1) is 13.8 Å². The molecule has 0 saturated carbocycles. The van der Waals surface area contributed by atoms with Crippen molar-refractivity contribution < 1.29 is 0 Å². The van der Waals surface area contributed by atoms with Crippen LogP contribution in [0.4, 0.5) is 5.69 Å². The van der Waals surface area contributed by atoms with E-state index in [0.717, 1.165) is 21.7 Å². The number of nitrogens with one attached hydrogen (secondary N) is 1. The van der Waals surface area contributed by atoms with Gasteiger partial charge in [0.15, 0.2) is 0 Å². The predicted molar refractivity (Wildman–Crippen MR) is 82.4 cm³/mol. The summed E-state index contributed by atoms with van der Waals surface area (Å²) in [4.78, 5) is 0. The van der Waals surface area contributed by atoms with Crippen LogP contribution in [0.25, 0.3) is 0 Å². The summed E-state index contributed by atoms with van der Waals surface area (Å²) in [5.41, 5.74) is 4.90. The summed E-state index contributed by atoms with van der Waals surface area (Å²) in [5.74, 6) is 0. The van der Waals surface area contributed by atoms with Gasteiger partial charge in [0.25, 0.3) is 0 Å². The van der Waals surface area contributed by atoms with Gasteiger partial charge in [-0.2, -0.15) is 0 Å². The summed E-state index contributed by atoms with van der Waals surface area (Å²) < 4.78 is 0.914. The molecular formula is C15H15BrClN. The highest BCUT2D eigenvalue weighted by Gasteiger charge is 2.04. The first kappa shape index (κ1) is 13.4. The van der Waals surface area contributed by atoms with Crippen molar-refractivity contribution in [3.8, 4) is 0 Å². The molecule has 18 heavy (non-hydrogen) atoms. The second-order valence-corrected chi connectivity index (χ2v) is 5.59. The number of hydrogen-bond donors (Lipinski definition) is 1. The Kier molecular flexibility index (Phi) is 4.31. The van der Waals surface area contributed by atoms with Gasteiger partial charge in [0, 0.05) is 6.54 Å². The van der Waals surface area contributed by atoms with E-state index in [1.54, 1.807) is 0 Å². The van der Waals surface area contributed by atoms with E-state index in [1.165, 1.54) is 16.7 Å². The molecule has 0 radical (unpaired) electrons. The van der Waals surface area contributed by atoms with Crippen LogP contribution in [-0.2, 0) is 6.54 Å². The quantitative estimate of drug-likeness (QED) is 0.804. The van der Waals surface area contributed by atoms with Crippen LogP contribution in [0.5, 0.6) is 0 Å². The van der Waals surface area contributed by atoms with Gasteiger partial charge in [-0.1, -0.05) is 41.4 Å². The molecule has 0 unspecified atom stereocenters. The number of hydrogen-bond acceptors (Lipinski definition) is 1. The van der Waals surface area contributed by atoms with E-state index in [2.05, 4.69) is 53.3 Å². The summed E-state index contributed by atoms with van der Waals surface area (Å²) >= 11 is 9.56. The lowest BCUT2D eigenvalue weighted by molar-refractivity contribution is 1.11. The van der Waals surface area contributed by atoms with Crippen molar-refractivity contribution in [1.29, 1.82) is 0 Å². The van der Waals surface area contributed by atoms with Crippen LogP contribution in [0.15, 0.2) is 40.9 Å². The van der Waals surface area contributed by atoms with Crippen molar-refractivity contribution in [2.75, 3.05) is 5.32 Å². The first-order valence-electron chi connectivity index (χ1n) is 5.82. The zero-order valence-corrected chi connectivity index (χ0v) is 12.8. The lowest BCUT2D eigenvalue weighted by Gasteiger charge is -2.12. The van der Waals surface area contributed by atoms with Crippen LogP contribution in [0.1, 0.15) is 16.7 Å². The van der Waals surface area contributed by atoms with E-state index in [4.69, 9.17) is 11.6 Å². The molecule has 0 amide bonds. The third-order valence-electron chi connectivity index (χ3n) is 2.93. The molecule has 0 aliphatic rings. The minimum Gasteiger partial charge on any atom is -0.380 e. The van der Waals surface area contributed by atoms with Gasteiger partial charge in [-0.3, -0.25) is 0 Å². The Balaban J connectivity index is 2.16. The average molecular weight is 325 g/mol. The molecule has 0 aliphatic carbocycles. The lowest BCUT2D eigenvalue weighted by atomic mass is 10.1. The molecule has 2 rings (SSSR count). The van der Waals surface area contributed by atoms with Gasteiger partial charge in [0.2, 0.25) is 0 Å². The van der Waals surface area contributed by atoms with Crippen molar-refractivity contribution in [3.63, 3.8) is 0 Å². The Morgan fingerprint density at radius 3 is 2.72 bits per heavy atom. The van der Waals surface area contributed by atoms with Gasteiger partial charge in [0.1, 0.15) is 0 Å². The fourth-order valence-electron chi connectivity index (χ4n) is 1.82. The maximum atomic E-state index is 6.07.